The quantitative estimate of drug-likeness (QED) is 0.626. The molecular formula is C10H18N2. The number of aromatic nitrogens is 2. The molecule has 0 atom stereocenters. The second kappa shape index (κ2) is 2.92. The Morgan fingerprint density at radius 2 is 2.00 bits per heavy atom. The van der Waals surface area contributed by atoms with Crippen LogP contribution in [0.25, 0.3) is 0 Å². The molecule has 0 aromatic carbocycles. The lowest BCUT2D eigenvalue weighted by Crippen LogP contribution is -2.12. The van der Waals surface area contributed by atoms with E-state index < -0.39 is 0 Å². The van der Waals surface area contributed by atoms with Crippen molar-refractivity contribution in [1.82, 2.24) is 9.55 Å². The fourth-order valence-electron chi connectivity index (χ4n) is 1.30. The zero-order valence-corrected chi connectivity index (χ0v) is 8.68. The lowest BCUT2D eigenvalue weighted by atomic mass is 9.92. The molecule has 0 aliphatic rings. The average Bonchev–Trinajstić information content (AvgIpc) is 2.06. The molecule has 1 heterocycles. The number of hydrogen-bond donors (Lipinski definition) is 0. The standard InChI is InChI=1S/C10H18N2/c1-8-7-12(5)9(11-8)6-10(2,3)4/h7H,6H2,1-5H3. The molecule has 0 N–H and O–H groups in total. The molecule has 1 rings (SSSR count). The Hall–Kier alpha value is -0.790. The third-order valence-electron chi connectivity index (χ3n) is 1.78. The van der Waals surface area contributed by atoms with E-state index in [0.717, 1.165) is 12.1 Å². The van der Waals surface area contributed by atoms with Gasteiger partial charge in [0.05, 0.1) is 5.69 Å². The van der Waals surface area contributed by atoms with Crippen molar-refractivity contribution in [2.24, 2.45) is 12.5 Å². The van der Waals surface area contributed by atoms with Gasteiger partial charge in [-0.2, -0.15) is 0 Å². The number of hydrogen-bond acceptors (Lipinski definition) is 1. The van der Waals surface area contributed by atoms with E-state index in [0.29, 0.717) is 5.41 Å². The van der Waals surface area contributed by atoms with Crippen LogP contribution in [0.5, 0.6) is 0 Å². The van der Waals surface area contributed by atoms with Crippen molar-refractivity contribution >= 4 is 0 Å². The molecule has 0 unspecified atom stereocenters. The monoisotopic (exact) mass is 166 g/mol. The zero-order valence-electron chi connectivity index (χ0n) is 8.68. The van der Waals surface area contributed by atoms with Crippen molar-refractivity contribution in [2.45, 2.75) is 34.1 Å². The molecule has 12 heavy (non-hydrogen) atoms. The summed E-state index contributed by atoms with van der Waals surface area (Å²) in [7, 11) is 2.06. The maximum absolute atomic E-state index is 4.46. The van der Waals surface area contributed by atoms with Gasteiger partial charge in [0.15, 0.2) is 0 Å². The normalized spacial score (nSPS) is 12.1. The van der Waals surface area contributed by atoms with E-state index in [1.807, 2.05) is 6.92 Å². The van der Waals surface area contributed by atoms with Crippen LogP contribution in [0.1, 0.15) is 32.3 Å². The van der Waals surface area contributed by atoms with Crippen LogP contribution in [0.2, 0.25) is 0 Å². The highest BCUT2D eigenvalue weighted by Crippen LogP contribution is 2.19. The van der Waals surface area contributed by atoms with Crippen LogP contribution in [0.15, 0.2) is 6.20 Å². The molecule has 0 aliphatic heterocycles. The predicted molar refractivity (Wildman–Crippen MR) is 51.1 cm³/mol. The Morgan fingerprint density at radius 3 is 2.33 bits per heavy atom. The molecule has 0 aliphatic carbocycles. The molecule has 0 spiro atoms. The maximum atomic E-state index is 4.46. The SMILES string of the molecule is Cc1cn(C)c(CC(C)(C)C)n1. The van der Waals surface area contributed by atoms with E-state index in [2.05, 4.69) is 43.6 Å². The minimum atomic E-state index is 0.325. The van der Waals surface area contributed by atoms with Gasteiger partial charge >= 0.3 is 0 Å². The fourth-order valence-corrected chi connectivity index (χ4v) is 1.30. The smallest absolute Gasteiger partial charge is 0.109 e. The van der Waals surface area contributed by atoms with E-state index >= 15 is 0 Å². The van der Waals surface area contributed by atoms with Crippen LogP contribution >= 0.6 is 0 Å². The lowest BCUT2D eigenvalue weighted by molar-refractivity contribution is 0.395. The Labute approximate surface area is 74.6 Å². The van der Waals surface area contributed by atoms with Crippen LogP contribution in [-0.4, -0.2) is 9.55 Å². The molecule has 2 nitrogen and oxygen atoms in total. The highest BCUT2D eigenvalue weighted by molar-refractivity contribution is 5.02. The van der Waals surface area contributed by atoms with Gasteiger partial charge in [0.25, 0.3) is 0 Å². The van der Waals surface area contributed by atoms with E-state index in [9.17, 15) is 0 Å². The number of nitrogens with zero attached hydrogens (tertiary/aromatic N) is 2. The van der Waals surface area contributed by atoms with Crippen molar-refractivity contribution in [3.05, 3.63) is 17.7 Å². The van der Waals surface area contributed by atoms with Gasteiger partial charge in [0, 0.05) is 19.7 Å². The third kappa shape index (κ3) is 2.36. The highest BCUT2D eigenvalue weighted by Gasteiger charge is 2.14. The fraction of sp³-hybridized carbons (Fsp3) is 0.700. The predicted octanol–water partition coefficient (Wildman–Crippen LogP) is 2.32. The van der Waals surface area contributed by atoms with E-state index in [1.165, 1.54) is 5.82 Å². The maximum Gasteiger partial charge on any atom is 0.109 e. The Kier molecular flexibility index (Phi) is 2.27. The molecule has 0 amide bonds. The van der Waals surface area contributed by atoms with E-state index in [1.54, 1.807) is 0 Å². The molecule has 1 aromatic heterocycles. The van der Waals surface area contributed by atoms with Crippen molar-refractivity contribution in [1.29, 1.82) is 0 Å². The molecule has 0 saturated heterocycles. The van der Waals surface area contributed by atoms with Crippen LogP contribution in [0.3, 0.4) is 0 Å². The lowest BCUT2D eigenvalue weighted by Gasteiger charge is -2.17. The molecule has 68 valence electrons. The van der Waals surface area contributed by atoms with Gasteiger partial charge in [-0.25, -0.2) is 4.98 Å². The summed E-state index contributed by atoms with van der Waals surface area (Å²) in [6.45, 7) is 8.73. The minimum absolute atomic E-state index is 0.325. The topological polar surface area (TPSA) is 17.8 Å². The van der Waals surface area contributed by atoms with Gasteiger partial charge in [-0.05, 0) is 12.3 Å². The summed E-state index contributed by atoms with van der Waals surface area (Å²) in [4.78, 5) is 4.46. The van der Waals surface area contributed by atoms with Gasteiger partial charge in [0.1, 0.15) is 5.82 Å². The summed E-state index contributed by atoms with van der Waals surface area (Å²) in [5, 5.41) is 0. The summed E-state index contributed by atoms with van der Waals surface area (Å²) >= 11 is 0. The van der Waals surface area contributed by atoms with Crippen molar-refractivity contribution < 1.29 is 0 Å². The summed E-state index contributed by atoms with van der Waals surface area (Å²) in [5.74, 6) is 1.18. The van der Waals surface area contributed by atoms with Crippen LogP contribution in [0.4, 0.5) is 0 Å². The number of aryl methyl sites for hydroxylation is 2. The van der Waals surface area contributed by atoms with Crippen molar-refractivity contribution in [3.8, 4) is 0 Å². The molecule has 0 bridgehead atoms. The molecule has 0 saturated carbocycles. The Morgan fingerprint density at radius 1 is 1.42 bits per heavy atom. The summed E-state index contributed by atoms with van der Waals surface area (Å²) in [6, 6.07) is 0. The van der Waals surface area contributed by atoms with Crippen LogP contribution in [-0.2, 0) is 13.5 Å². The summed E-state index contributed by atoms with van der Waals surface area (Å²) < 4.78 is 2.11. The first kappa shape index (κ1) is 9.30. The second-order valence-corrected chi connectivity index (χ2v) is 4.65. The largest absolute Gasteiger partial charge is 0.338 e. The molecule has 1 aromatic rings. The average molecular weight is 166 g/mol. The molecule has 0 radical (unpaired) electrons. The zero-order chi connectivity index (χ0) is 9.35. The first-order valence-electron chi connectivity index (χ1n) is 4.37. The second-order valence-electron chi connectivity index (χ2n) is 4.65. The van der Waals surface area contributed by atoms with Gasteiger partial charge in [-0.15, -0.1) is 0 Å². The van der Waals surface area contributed by atoms with E-state index in [4.69, 9.17) is 0 Å². The van der Waals surface area contributed by atoms with E-state index in [-0.39, 0.29) is 0 Å². The number of rotatable bonds is 1. The van der Waals surface area contributed by atoms with Crippen LogP contribution < -0.4 is 0 Å². The summed E-state index contributed by atoms with van der Waals surface area (Å²) in [5.41, 5.74) is 1.43. The first-order valence-corrected chi connectivity index (χ1v) is 4.37. The van der Waals surface area contributed by atoms with Crippen molar-refractivity contribution in [3.63, 3.8) is 0 Å². The summed E-state index contributed by atoms with van der Waals surface area (Å²) in [6.07, 6.45) is 3.11. The highest BCUT2D eigenvalue weighted by atomic mass is 15.0. The van der Waals surface area contributed by atoms with Gasteiger partial charge in [0.2, 0.25) is 0 Å². The van der Waals surface area contributed by atoms with Crippen LogP contribution in [0, 0.1) is 12.3 Å². The Balaban J connectivity index is 2.82. The van der Waals surface area contributed by atoms with Gasteiger partial charge in [-0.3, -0.25) is 0 Å². The molecule has 0 fully saturated rings. The third-order valence-corrected chi connectivity index (χ3v) is 1.78. The minimum Gasteiger partial charge on any atom is -0.338 e. The first-order chi connectivity index (χ1) is 5.38. The molecular weight excluding hydrogens is 148 g/mol. The Bertz CT molecular complexity index is 266. The van der Waals surface area contributed by atoms with Gasteiger partial charge < -0.3 is 4.57 Å². The van der Waals surface area contributed by atoms with Crippen molar-refractivity contribution in [2.75, 3.05) is 0 Å². The number of imidazole rings is 1. The molecule has 2 heteroatoms. The van der Waals surface area contributed by atoms with Gasteiger partial charge in [-0.1, -0.05) is 20.8 Å².